The summed E-state index contributed by atoms with van der Waals surface area (Å²) < 4.78 is 1.29. The first-order chi connectivity index (χ1) is 8.79. The quantitative estimate of drug-likeness (QED) is 0.846. The standard InChI is InChI=1S/C14H23ClN2O2/c1-6-10-12(15)16-14(19)17(13(10)18)7-11(8(2)3)9(4)5/h8-9,11H,6-7H2,1-5H3,(H,16,19). The van der Waals surface area contributed by atoms with E-state index in [0.717, 1.165) is 0 Å². The van der Waals surface area contributed by atoms with Crippen LogP contribution in [0.25, 0.3) is 0 Å². The fourth-order valence-corrected chi connectivity index (χ4v) is 2.76. The van der Waals surface area contributed by atoms with Crippen molar-refractivity contribution in [2.75, 3.05) is 0 Å². The first kappa shape index (κ1) is 16.0. The van der Waals surface area contributed by atoms with E-state index in [9.17, 15) is 9.59 Å². The fraction of sp³-hybridized carbons (Fsp3) is 0.714. The molecule has 0 atom stereocenters. The number of rotatable bonds is 5. The highest BCUT2D eigenvalue weighted by Gasteiger charge is 2.21. The summed E-state index contributed by atoms with van der Waals surface area (Å²) >= 11 is 5.90. The van der Waals surface area contributed by atoms with E-state index in [2.05, 4.69) is 32.7 Å². The molecule has 1 aromatic rings. The smallest absolute Gasteiger partial charge is 0.297 e. The van der Waals surface area contributed by atoms with E-state index < -0.39 is 5.69 Å². The van der Waals surface area contributed by atoms with Gasteiger partial charge in [-0.3, -0.25) is 14.3 Å². The second-order valence-electron chi connectivity index (χ2n) is 5.64. The highest BCUT2D eigenvalue weighted by Crippen LogP contribution is 2.21. The fourth-order valence-electron chi connectivity index (χ4n) is 2.46. The molecule has 0 saturated heterocycles. The van der Waals surface area contributed by atoms with Crippen molar-refractivity contribution >= 4 is 11.6 Å². The lowest BCUT2D eigenvalue weighted by Crippen LogP contribution is -2.40. The molecule has 0 amide bonds. The lowest BCUT2D eigenvalue weighted by atomic mass is 9.85. The van der Waals surface area contributed by atoms with E-state index in [1.165, 1.54) is 4.57 Å². The van der Waals surface area contributed by atoms with Gasteiger partial charge in [0.1, 0.15) is 5.15 Å². The van der Waals surface area contributed by atoms with Crippen LogP contribution in [-0.2, 0) is 13.0 Å². The van der Waals surface area contributed by atoms with Crippen LogP contribution in [0, 0.1) is 17.8 Å². The Morgan fingerprint density at radius 2 is 1.68 bits per heavy atom. The van der Waals surface area contributed by atoms with E-state index in [1.54, 1.807) is 0 Å². The van der Waals surface area contributed by atoms with Crippen molar-refractivity contribution in [1.29, 1.82) is 0 Å². The monoisotopic (exact) mass is 286 g/mol. The van der Waals surface area contributed by atoms with Gasteiger partial charge in [0.25, 0.3) is 5.56 Å². The molecule has 1 heterocycles. The molecule has 1 N–H and O–H groups in total. The maximum absolute atomic E-state index is 12.3. The molecule has 19 heavy (non-hydrogen) atoms. The van der Waals surface area contributed by atoms with Crippen molar-refractivity contribution in [1.82, 2.24) is 9.55 Å². The van der Waals surface area contributed by atoms with Crippen LogP contribution in [0.5, 0.6) is 0 Å². The van der Waals surface area contributed by atoms with Crippen molar-refractivity contribution in [2.24, 2.45) is 17.8 Å². The summed E-state index contributed by atoms with van der Waals surface area (Å²) in [6.07, 6.45) is 0.516. The van der Waals surface area contributed by atoms with Gasteiger partial charge >= 0.3 is 5.69 Å². The van der Waals surface area contributed by atoms with Crippen molar-refractivity contribution in [3.05, 3.63) is 31.6 Å². The van der Waals surface area contributed by atoms with Gasteiger partial charge in [0.2, 0.25) is 0 Å². The molecule has 0 bridgehead atoms. The Balaban J connectivity index is 3.28. The number of aromatic nitrogens is 2. The Bertz CT molecular complexity index is 535. The zero-order valence-corrected chi connectivity index (χ0v) is 13.0. The SMILES string of the molecule is CCc1c(Cl)[nH]c(=O)n(CC(C(C)C)C(C)C)c1=O. The minimum absolute atomic E-state index is 0.166. The predicted octanol–water partition coefficient (Wildman–Crippen LogP) is 2.68. The van der Waals surface area contributed by atoms with Crippen LogP contribution in [0.1, 0.15) is 40.2 Å². The van der Waals surface area contributed by atoms with Crippen LogP contribution in [0.15, 0.2) is 9.59 Å². The maximum Gasteiger partial charge on any atom is 0.329 e. The first-order valence-electron chi connectivity index (χ1n) is 6.81. The van der Waals surface area contributed by atoms with E-state index in [4.69, 9.17) is 11.6 Å². The largest absolute Gasteiger partial charge is 0.329 e. The molecule has 1 rings (SSSR count). The van der Waals surface area contributed by atoms with Crippen LogP contribution in [0.4, 0.5) is 0 Å². The van der Waals surface area contributed by atoms with Crippen LogP contribution < -0.4 is 11.2 Å². The summed E-state index contributed by atoms with van der Waals surface area (Å²) in [7, 11) is 0. The number of H-pyrrole nitrogens is 1. The normalized spacial score (nSPS) is 11.8. The number of hydrogen-bond acceptors (Lipinski definition) is 2. The summed E-state index contributed by atoms with van der Waals surface area (Å²) in [5, 5.41) is 0.166. The number of nitrogens with zero attached hydrogens (tertiary/aromatic N) is 1. The minimum atomic E-state index is -0.418. The van der Waals surface area contributed by atoms with Gasteiger partial charge in [-0.15, -0.1) is 0 Å². The van der Waals surface area contributed by atoms with Crippen LogP contribution >= 0.6 is 11.6 Å². The van der Waals surface area contributed by atoms with Crippen molar-refractivity contribution < 1.29 is 0 Å². The summed E-state index contributed by atoms with van der Waals surface area (Å²) in [5.74, 6) is 1.10. The van der Waals surface area contributed by atoms with Crippen molar-refractivity contribution in [3.8, 4) is 0 Å². The molecule has 0 unspecified atom stereocenters. The molecular formula is C14H23ClN2O2. The number of aromatic amines is 1. The van der Waals surface area contributed by atoms with Gasteiger partial charge in [-0.2, -0.15) is 0 Å². The zero-order chi connectivity index (χ0) is 14.7. The van der Waals surface area contributed by atoms with Crippen molar-refractivity contribution in [2.45, 2.75) is 47.6 Å². The van der Waals surface area contributed by atoms with Crippen LogP contribution in [-0.4, -0.2) is 9.55 Å². The average Bonchev–Trinajstić information content (AvgIpc) is 2.27. The van der Waals surface area contributed by atoms with E-state index >= 15 is 0 Å². The number of hydrogen-bond donors (Lipinski definition) is 1. The minimum Gasteiger partial charge on any atom is -0.297 e. The second kappa shape index (κ2) is 6.42. The third kappa shape index (κ3) is 3.50. The molecule has 5 heteroatoms. The topological polar surface area (TPSA) is 54.9 Å². The van der Waals surface area contributed by atoms with Gasteiger partial charge in [-0.25, -0.2) is 4.79 Å². The summed E-state index contributed by atoms with van der Waals surface area (Å²) in [4.78, 5) is 26.8. The lowest BCUT2D eigenvalue weighted by molar-refractivity contribution is 0.245. The predicted molar refractivity (Wildman–Crippen MR) is 78.9 cm³/mol. The summed E-state index contributed by atoms with van der Waals surface area (Å²) in [6, 6.07) is 0. The van der Waals surface area contributed by atoms with Gasteiger partial charge in [-0.05, 0) is 24.2 Å². The molecule has 4 nitrogen and oxygen atoms in total. The third-order valence-corrected chi connectivity index (χ3v) is 4.01. The van der Waals surface area contributed by atoms with Crippen LogP contribution in [0.3, 0.4) is 0 Å². The highest BCUT2D eigenvalue weighted by atomic mass is 35.5. The van der Waals surface area contributed by atoms with E-state index in [0.29, 0.717) is 30.4 Å². The Morgan fingerprint density at radius 3 is 2.11 bits per heavy atom. The Morgan fingerprint density at radius 1 is 1.16 bits per heavy atom. The zero-order valence-electron chi connectivity index (χ0n) is 12.3. The van der Waals surface area contributed by atoms with Gasteiger partial charge < -0.3 is 0 Å². The second-order valence-corrected chi connectivity index (χ2v) is 6.02. The molecule has 0 radical (unpaired) electrons. The number of nitrogens with one attached hydrogen (secondary N) is 1. The number of halogens is 1. The van der Waals surface area contributed by atoms with E-state index in [-0.39, 0.29) is 16.6 Å². The van der Waals surface area contributed by atoms with Crippen molar-refractivity contribution in [3.63, 3.8) is 0 Å². The molecule has 1 aromatic heterocycles. The average molecular weight is 287 g/mol. The van der Waals surface area contributed by atoms with Gasteiger partial charge in [0.15, 0.2) is 0 Å². The lowest BCUT2D eigenvalue weighted by Gasteiger charge is -2.25. The molecule has 0 fully saturated rings. The Hall–Kier alpha value is -1.03. The molecule has 0 aliphatic heterocycles. The van der Waals surface area contributed by atoms with Gasteiger partial charge in [-0.1, -0.05) is 46.2 Å². The Kier molecular flexibility index (Phi) is 5.41. The molecule has 0 spiro atoms. The van der Waals surface area contributed by atoms with Gasteiger partial charge in [0.05, 0.1) is 5.56 Å². The van der Waals surface area contributed by atoms with Crippen LogP contribution in [0.2, 0.25) is 5.15 Å². The molecular weight excluding hydrogens is 264 g/mol. The maximum atomic E-state index is 12.3. The van der Waals surface area contributed by atoms with Gasteiger partial charge in [0, 0.05) is 6.54 Å². The highest BCUT2D eigenvalue weighted by molar-refractivity contribution is 6.30. The molecule has 0 aliphatic rings. The Labute approximate surface area is 118 Å². The summed E-state index contributed by atoms with van der Waals surface area (Å²) in [6.45, 7) is 10.7. The molecule has 0 aliphatic carbocycles. The molecule has 0 saturated carbocycles. The first-order valence-corrected chi connectivity index (χ1v) is 7.18. The molecule has 108 valence electrons. The summed E-state index contributed by atoms with van der Waals surface area (Å²) in [5.41, 5.74) is -0.200. The van der Waals surface area contributed by atoms with E-state index in [1.807, 2.05) is 6.92 Å². The third-order valence-electron chi connectivity index (χ3n) is 3.69. The molecule has 0 aromatic carbocycles.